The van der Waals surface area contributed by atoms with Crippen molar-refractivity contribution >= 4 is 33.4 Å². The molecule has 3 aromatic rings. The predicted octanol–water partition coefficient (Wildman–Crippen LogP) is 4.76. The summed E-state index contributed by atoms with van der Waals surface area (Å²) in [6.45, 7) is 3.24. The zero-order valence-electron chi connectivity index (χ0n) is 15.0. The van der Waals surface area contributed by atoms with Crippen LogP contribution >= 0.6 is 27.5 Å². The highest BCUT2D eigenvalue weighted by atomic mass is 79.9. The molecule has 0 unspecified atom stereocenters. The molecule has 8 heteroatoms. The van der Waals surface area contributed by atoms with Crippen LogP contribution in [-0.2, 0) is 19.7 Å². The molecule has 0 aliphatic heterocycles. The molecule has 3 rings (SSSR count). The highest BCUT2D eigenvalue weighted by Gasteiger charge is 2.19. The lowest BCUT2D eigenvalue weighted by Crippen LogP contribution is -2.27. The molecule has 0 spiro atoms. The van der Waals surface area contributed by atoms with Gasteiger partial charge >= 0.3 is 0 Å². The van der Waals surface area contributed by atoms with Crippen LogP contribution in [0, 0.1) is 0 Å². The number of nitrogens with zero attached hydrogens (tertiary/aromatic N) is 3. The Morgan fingerprint density at radius 3 is 2.74 bits per heavy atom. The summed E-state index contributed by atoms with van der Waals surface area (Å²) in [6.07, 6.45) is 1.59. The Morgan fingerprint density at radius 2 is 2.04 bits per heavy atom. The monoisotopic (exact) mass is 451 g/mol. The van der Waals surface area contributed by atoms with Gasteiger partial charge in [0.15, 0.2) is 5.76 Å². The minimum absolute atomic E-state index is 0.232. The lowest BCUT2D eigenvalue weighted by Gasteiger charge is -2.16. The van der Waals surface area contributed by atoms with E-state index in [9.17, 15) is 4.79 Å². The van der Waals surface area contributed by atoms with Gasteiger partial charge in [0.1, 0.15) is 18.1 Å². The van der Waals surface area contributed by atoms with Crippen molar-refractivity contribution in [3.8, 4) is 5.75 Å². The van der Waals surface area contributed by atoms with Gasteiger partial charge in [-0.05, 0) is 43.3 Å². The Labute approximate surface area is 170 Å². The quantitative estimate of drug-likeness (QED) is 0.518. The zero-order chi connectivity index (χ0) is 19.4. The average molecular weight is 453 g/mol. The molecular weight excluding hydrogens is 434 g/mol. The second kappa shape index (κ2) is 8.63. The van der Waals surface area contributed by atoms with Crippen LogP contribution in [0.5, 0.6) is 5.75 Å². The second-order valence-electron chi connectivity index (χ2n) is 5.92. The number of aryl methyl sites for hydroxylation is 1. The smallest absolute Gasteiger partial charge is 0.289 e. The number of carbonyl (C=O) groups excluding carboxylic acids is 1. The third-order valence-electron chi connectivity index (χ3n) is 4.00. The van der Waals surface area contributed by atoms with Crippen molar-refractivity contribution < 1.29 is 13.9 Å². The maximum atomic E-state index is 12.6. The standard InChI is InChI=1S/C19H19BrClN3O3/c1-3-24-17(16(21)10-22-24)11-23(2)19(25)18-9-8-15(27-18)12-26-14-6-4-13(20)5-7-14/h4-10H,3,11-12H2,1-2H3. The topological polar surface area (TPSA) is 60.5 Å². The molecule has 2 heterocycles. The predicted molar refractivity (Wildman–Crippen MR) is 106 cm³/mol. The third kappa shape index (κ3) is 4.73. The minimum Gasteiger partial charge on any atom is -0.486 e. The highest BCUT2D eigenvalue weighted by molar-refractivity contribution is 9.10. The van der Waals surface area contributed by atoms with Crippen LogP contribution in [0.4, 0.5) is 0 Å². The van der Waals surface area contributed by atoms with Gasteiger partial charge in [-0.25, -0.2) is 0 Å². The molecule has 0 fully saturated rings. The number of halogens is 2. The molecule has 2 aromatic heterocycles. The highest BCUT2D eigenvalue weighted by Crippen LogP contribution is 2.20. The summed E-state index contributed by atoms with van der Waals surface area (Å²) >= 11 is 9.55. The van der Waals surface area contributed by atoms with Crippen LogP contribution in [0.1, 0.15) is 28.9 Å². The number of amides is 1. The van der Waals surface area contributed by atoms with Crippen molar-refractivity contribution in [2.24, 2.45) is 0 Å². The first-order chi connectivity index (χ1) is 13.0. The Kier molecular flexibility index (Phi) is 6.23. The lowest BCUT2D eigenvalue weighted by molar-refractivity contribution is 0.0745. The van der Waals surface area contributed by atoms with E-state index in [0.717, 1.165) is 15.9 Å². The van der Waals surface area contributed by atoms with Gasteiger partial charge in [0.2, 0.25) is 0 Å². The van der Waals surface area contributed by atoms with E-state index in [1.54, 1.807) is 35.0 Å². The van der Waals surface area contributed by atoms with Gasteiger partial charge < -0.3 is 14.1 Å². The van der Waals surface area contributed by atoms with E-state index in [1.807, 2.05) is 31.2 Å². The van der Waals surface area contributed by atoms with Crippen molar-refractivity contribution in [2.75, 3.05) is 7.05 Å². The number of benzene rings is 1. The van der Waals surface area contributed by atoms with Gasteiger partial charge in [0, 0.05) is 18.1 Å². The van der Waals surface area contributed by atoms with Gasteiger partial charge in [-0.1, -0.05) is 27.5 Å². The maximum Gasteiger partial charge on any atom is 0.289 e. The number of hydrogen-bond donors (Lipinski definition) is 0. The fourth-order valence-corrected chi connectivity index (χ4v) is 3.02. The summed E-state index contributed by atoms with van der Waals surface area (Å²) in [4.78, 5) is 14.2. The van der Waals surface area contributed by atoms with Crippen LogP contribution in [-0.4, -0.2) is 27.6 Å². The molecule has 0 bridgehead atoms. The normalized spacial score (nSPS) is 10.8. The number of furan rings is 1. The van der Waals surface area contributed by atoms with E-state index >= 15 is 0 Å². The molecule has 142 valence electrons. The van der Waals surface area contributed by atoms with E-state index in [-0.39, 0.29) is 18.3 Å². The molecule has 0 radical (unpaired) electrons. The van der Waals surface area contributed by atoms with Crippen molar-refractivity contribution in [3.05, 3.63) is 69.3 Å². The Morgan fingerprint density at radius 1 is 1.30 bits per heavy atom. The second-order valence-corrected chi connectivity index (χ2v) is 7.25. The summed E-state index contributed by atoms with van der Waals surface area (Å²) in [7, 11) is 1.70. The largest absolute Gasteiger partial charge is 0.486 e. The fraction of sp³-hybridized carbons (Fsp3) is 0.263. The average Bonchev–Trinajstić information content (AvgIpc) is 3.28. The van der Waals surface area contributed by atoms with Gasteiger partial charge in [-0.15, -0.1) is 0 Å². The van der Waals surface area contributed by atoms with E-state index in [4.69, 9.17) is 20.8 Å². The molecule has 1 aromatic carbocycles. The third-order valence-corrected chi connectivity index (χ3v) is 4.84. The molecular formula is C19H19BrClN3O3. The molecule has 0 aliphatic rings. The van der Waals surface area contributed by atoms with E-state index in [0.29, 0.717) is 23.9 Å². The zero-order valence-corrected chi connectivity index (χ0v) is 17.3. The van der Waals surface area contributed by atoms with E-state index in [2.05, 4.69) is 21.0 Å². The van der Waals surface area contributed by atoms with Gasteiger partial charge in [0.25, 0.3) is 5.91 Å². The molecule has 0 aliphatic carbocycles. The molecule has 27 heavy (non-hydrogen) atoms. The molecule has 0 N–H and O–H groups in total. The van der Waals surface area contributed by atoms with E-state index in [1.165, 1.54) is 0 Å². The first-order valence-corrected chi connectivity index (χ1v) is 9.57. The van der Waals surface area contributed by atoms with Crippen molar-refractivity contribution in [3.63, 3.8) is 0 Å². The summed E-state index contributed by atoms with van der Waals surface area (Å²) in [5.74, 6) is 1.32. The molecule has 0 saturated carbocycles. The van der Waals surface area contributed by atoms with Crippen LogP contribution in [0.3, 0.4) is 0 Å². The number of hydrogen-bond acceptors (Lipinski definition) is 4. The summed E-state index contributed by atoms with van der Waals surface area (Å²) < 4.78 is 14.0. The molecule has 0 atom stereocenters. The van der Waals surface area contributed by atoms with Crippen LogP contribution in [0.15, 0.2) is 51.5 Å². The van der Waals surface area contributed by atoms with Crippen LogP contribution < -0.4 is 4.74 Å². The molecule has 1 amide bonds. The Bertz CT molecular complexity index is 921. The first-order valence-electron chi connectivity index (χ1n) is 8.40. The summed E-state index contributed by atoms with van der Waals surface area (Å²) in [5.41, 5.74) is 0.792. The number of rotatable bonds is 7. The van der Waals surface area contributed by atoms with Crippen LogP contribution in [0.25, 0.3) is 0 Å². The Balaban J connectivity index is 1.62. The Hall–Kier alpha value is -2.25. The van der Waals surface area contributed by atoms with E-state index < -0.39 is 0 Å². The number of ether oxygens (including phenoxy) is 1. The first kappa shape index (κ1) is 19.5. The summed E-state index contributed by atoms with van der Waals surface area (Å²) in [5, 5.41) is 4.73. The number of carbonyl (C=O) groups is 1. The fourth-order valence-electron chi connectivity index (χ4n) is 2.56. The maximum absolute atomic E-state index is 12.6. The van der Waals surface area contributed by atoms with Crippen molar-refractivity contribution in [2.45, 2.75) is 26.6 Å². The van der Waals surface area contributed by atoms with Gasteiger partial charge in [-0.2, -0.15) is 5.10 Å². The molecule has 6 nitrogen and oxygen atoms in total. The van der Waals surface area contributed by atoms with Gasteiger partial charge in [0.05, 0.1) is 23.5 Å². The minimum atomic E-state index is -0.232. The van der Waals surface area contributed by atoms with Crippen molar-refractivity contribution in [1.82, 2.24) is 14.7 Å². The van der Waals surface area contributed by atoms with Crippen LogP contribution in [0.2, 0.25) is 5.02 Å². The molecule has 0 saturated heterocycles. The number of aromatic nitrogens is 2. The SMILES string of the molecule is CCn1ncc(Cl)c1CN(C)C(=O)c1ccc(COc2ccc(Br)cc2)o1. The summed E-state index contributed by atoms with van der Waals surface area (Å²) in [6, 6.07) is 10.9. The lowest BCUT2D eigenvalue weighted by atomic mass is 10.3. The van der Waals surface area contributed by atoms with Gasteiger partial charge in [-0.3, -0.25) is 9.48 Å². The van der Waals surface area contributed by atoms with Crippen molar-refractivity contribution in [1.29, 1.82) is 0 Å².